The first-order chi connectivity index (χ1) is 17.5. The van der Waals surface area contributed by atoms with Crippen LogP contribution in [0, 0.1) is 12.7 Å². The largest absolute Gasteiger partial charge is 0.454 e. The van der Waals surface area contributed by atoms with E-state index in [4.69, 9.17) is 15.6 Å². The van der Waals surface area contributed by atoms with Gasteiger partial charge in [0.25, 0.3) is 5.91 Å². The lowest BCUT2D eigenvalue weighted by atomic mass is 9.92. The third-order valence-corrected chi connectivity index (χ3v) is 5.37. The average Bonchev–Trinajstić information content (AvgIpc) is 3.25. The summed E-state index contributed by atoms with van der Waals surface area (Å²) < 4.78 is 21.9. The van der Waals surface area contributed by atoms with E-state index in [9.17, 15) is 14.0 Å². The van der Waals surface area contributed by atoms with Crippen LogP contribution in [0.1, 0.15) is 42.5 Å². The number of amides is 3. The van der Waals surface area contributed by atoms with Gasteiger partial charge < -0.3 is 15.8 Å². The van der Waals surface area contributed by atoms with Crippen molar-refractivity contribution >= 4 is 23.4 Å². The van der Waals surface area contributed by atoms with E-state index in [1.807, 2.05) is 58.0 Å². The molecule has 0 unspecified atom stereocenters. The lowest BCUT2D eigenvalue weighted by Gasteiger charge is -2.14. The van der Waals surface area contributed by atoms with Gasteiger partial charge in [0.05, 0.1) is 11.4 Å². The lowest BCUT2D eigenvalue weighted by Crippen LogP contribution is -2.21. The van der Waals surface area contributed by atoms with E-state index >= 15 is 0 Å². The summed E-state index contributed by atoms with van der Waals surface area (Å²) in [6, 6.07) is 15.8. The standard InChI is InChI=1S/C27H27FN6O3/c1-16-6-5-7-18(12-16)34-24(15-23(33-34)27(2,3)4)32-26(36)31-17-8-9-22(20(28)13-17)37-19-10-11-30-21(14-19)25(29)35/h5-15H,1-4H3,(H2,29,35)(H2,31,32,36). The van der Waals surface area contributed by atoms with Crippen LogP contribution in [0.5, 0.6) is 11.5 Å². The van der Waals surface area contributed by atoms with E-state index in [1.54, 1.807) is 4.68 Å². The Labute approximate surface area is 213 Å². The molecule has 0 atom stereocenters. The van der Waals surface area contributed by atoms with Gasteiger partial charge in [-0.15, -0.1) is 0 Å². The number of urea groups is 1. The Balaban J connectivity index is 1.51. The molecule has 0 radical (unpaired) electrons. The number of ether oxygens (including phenoxy) is 1. The highest BCUT2D eigenvalue weighted by Crippen LogP contribution is 2.28. The van der Waals surface area contributed by atoms with Gasteiger partial charge in [-0.3, -0.25) is 15.1 Å². The Kier molecular flexibility index (Phi) is 6.92. The molecule has 0 spiro atoms. The van der Waals surface area contributed by atoms with Crippen LogP contribution >= 0.6 is 0 Å². The summed E-state index contributed by atoms with van der Waals surface area (Å²) in [5, 5.41) is 10.1. The van der Waals surface area contributed by atoms with Gasteiger partial charge in [-0.05, 0) is 42.8 Å². The predicted molar refractivity (Wildman–Crippen MR) is 139 cm³/mol. The molecule has 0 bridgehead atoms. The third kappa shape index (κ3) is 6.10. The highest BCUT2D eigenvalue weighted by Gasteiger charge is 2.22. The lowest BCUT2D eigenvalue weighted by molar-refractivity contribution is 0.0995. The van der Waals surface area contributed by atoms with Crippen LogP contribution in [0.4, 0.5) is 20.7 Å². The van der Waals surface area contributed by atoms with Gasteiger partial charge in [0, 0.05) is 35.5 Å². The summed E-state index contributed by atoms with van der Waals surface area (Å²) in [5.41, 5.74) is 7.83. The molecular weight excluding hydrogens is 475 g/mol. The maximum atomic E-state index is 14.7. The van der Waals surface area contributed by atoms with Crippen LogP contribution in [0.2, 0.25) is 0 Å². The van der Waals surface area contributed by atoms with Crippen molar-refractivity contribution in [1.82, 2.24) is 14.8 Å². The molecule has 3 amide bonds. The SMILES string of the molecule is Cc1cccc(-n2nc(C(C)(C)C)cc2NC(=O)Nc2ccc(Oc3ccnc(C(N)=O)c3)c(F)c2)c1. The van der Waals surface area contributed by atoms with Crippen molar-refractivity contribution < 1.29 is 18.7 Å². The summed E-state index contributed by atoms with van der Waals surface area (Å²) in [4.78, 5) is 27.9. The van der Waals surface area contributed by atoms with E-state index in [1.165, 1.54) is 30.5 Å². The molecule has 2 aromatic carbocycles. The van der Waals surface area contributed by atoms with Crippen molar-refractivity contribution in [3.63, 3.8) is 0 Å². The summed E-state index contributed by atoms with van der Waals surface area (Å²) in [5.74, 6) is -0.874. The molecule has 4 rings (SSSR count). The zero-order valence-electron chi connectivity index (χ0n) is 20.9. The number of hydrogen-bond donors (Lipinski definition) is 3. The zero-order chi connectivity index (χ0) is 26.7. The topological polar surface area (TPSA) is 124 Å². The van der Waals surface area contributed by atoms with E-state index in [-0.39, 0.29) is 28.3 Å². The first-order valence-corrected chi connectivity index (χ1v) is 11.5. The number of aryl methyl sites for hydroxylation is 1. The maximum absolute atomic E-state index is 14.7. The molecule has 0 aliphatic rings. The van der Waals surface area contributed by atoms with Gasteiger partial charge in [0.15, 0.2) is 11.6 Å². The molecule has 4 N–H and O–H groups in total. The minimum atomic E-state index is -0.727. The number of carbonyl (C=O) groups excluding carboxylic acids is 2. The van der Waals surface area contributed by atoms with Crippen LogP contribution in [-0.2, 0) is 5.41 Å². The van der Waals surface area contributed by atoms with E-state index in [0.29, 0.717) is 5.82 Å². The van der Waals surface area contributed by atoms with Gasteiger partial charge >= 0.3 is 6.03 Å². The Bertz CT molecular complexity index is 1480. The minimum Gasteiger partial charge on any atom is -0.454 e. The molecule has 2 heterocycles. The Hall–Kier alpha value is -4.73. The van der Waals surface area contributed by atoms with Crippen LogP contribution < -0.4 is 21.1 Å². The highest BCUT2D eigenvalue weighted by atomic mass is 19.1. The second-order valence-electron chi connectivity index (χ2n) is 9.48. The average molecular weight is 503 g/mol. The number of pyridine rings is 1. The number of anilines is 2. The second-order valence-corrected chi connectivity index (χ2v) is 9.48. The number of nitrogens with two attached hydrogens (primary N) is 1. The number of rotatable bonds is 6. The van der Waals surface area contributed by atoms with E-state index in [0.717, 1.165) is 23.0 Å². The number of nitrogens with one attached hydrogen (secondary N) is 2. The van der Waals surface area contributed by atoms with Crippen LogP contribution in [0.15, 0.2) is 66.9 Å². The van der Waals surface area contributed by atoms with Crippen molar-refractivity contribution in [2.75, 3.05) is 10.6 Å². The fraction of sp³-hybridized carbons (Fsp3) is 0.185. The quantitative estimate of drug-likeness (QED) is 0.319. The van der Waals surface area contributed by atoms with Gasteiger partial charge in [0.1, 0.15) is 17.3 Å². The number of hydrogen-bond acceptors (Lipinski definition) is 5. The summed E-state index contributed by atoms with van der Waals surface area (Å²) >= 11 is 0. The number of carbonyl (C=O) groups is 2. The summed E-state index contributed by atoms with van der Waals surface area (Å²) in [6.45, 7) is 8.08. The maximum Gasteiger partial charge on any atom is 0.324 e. The fourth-order valence-electron chi connectivity index (χ4n) is 3.47. The van der Waals surface area contributed by atoms with Crippen molar-refractivity contribution in [2.45, 2.75) is 33.1 Å². The second kappa shape index (κ2) is 10.1. The number of aromatic nitrogens is 3. The molecular formula is C27H27FN6O3. The molecule has 190 valence electrons. The monoisotopic (exact) mass is 502 g/mol. The van der Waals surface area contributed by atoms with Crippen LogP contribution in [0.3, 0.4) is 0 Å². The van der Waals surface area contributed by atoms with Crippen molar-refractivity contribution in [1.29, 1.82) is 0 Å². The molecule has 2 aromatic heterocycles. The van der Waals surface area contributed by atoms with Crippen molar-refractivity contribution in [3.8, 4) is 17.2 Å². The van der Waals surface area contributed by atoms with Crippen LogP contribution in [0.25, 0.3) is 5.69 Å². The van der Waals surface area contributed by atoms with E-state index < -0.39 is 17.8 Å². The number of halogens is 1. The summed E-state index contributed by atoms with van der Waals surface area (Å²) in [6.07, 6.45) is 1.33. The summed E-state index contributed by atoms with van der Waals surface area (Å²) in [7, 11) is 0. The fourth-order valence-corrected chi connectivity index (χ4v) is 3.47. The molecule has 0 aliphatic heterocycles. The van der Waals surface area contributed by atoms with Crippen molar-refractivity contribution in [3.05, 3.63) is 89.6 Å². The van der Waals surface area contributed by atoms with Gasteiger partial charge in [0.2, 0.25) is 0 Å². The van der Waals surface area contributed by atoms with Gasteiger partial charge in [-0.2, -0.15) is 5.10 Å². The highest BCUT2D eigenvalue weighted by molar-refractivity contribution is 5.99. The molecule has 0 fully saturated rings. The molecule has 4 aromatic rings. The number of primary amides is 1. The molecule has 0 saturated carbocycles. The molecule has 10 heteroatoms. The third-order valence-electron chi connectivity index (χ3n) is 5.37. The zero-order valence-corrected chi connectivity index (χ0v) is 20.9. The minimum absolute atomic E-state index is 0.00705. The first kappa shape index (κ1) is 25.4. The number of nitrogens with zero attached hydrogens (tertiary/aromatic N) is 3. The Morgan fingerprint density at radius 2 is 1.81 bits per heavy atom. The molecule has 9 nitrogen and oxygen atoms in total. The first-order valence-electron chi connectivity index (χ1n) is 11.5. The molecule has 0 saturated heterocycles. The molecule has 37 heavy (non-hydrogen) atoms. The predicted octanol–water partition coefficient (Wildman–Crippen LogP) is 5.55. The van der Waals surface area contributed by atoms with Gasteiger partial charge in [-0.1, -0.05) is 32.9 Å². The van der Waals surface area contributed by atoms with Gasteiger partial charge in [-0.25, -0.2) is 13.9 Å². The smallest absolute Gasteiger partial charge is 0.324 e. The number of benzene rings is 2. The Morgan fingerprint density at radius 3 is 2.49 bits per heavy atom. The normalized spacial score (nSPS) is 11.2. The Morgan fingerprint density at radius 1 is 1.03 bits per heavy atom. The van der Waals surface area contributed by atoms with Crippen molar-refractivity contribution in [2.24, 2.45) is 5.73 Å². The van der Waals surface area contributed by atoms with E-state index in [2.05, 4.69) is 15.6 Å². The molecule has 0 aliphatic carbocycles. The van der Waals surface area contributed by atoms with Crippen LogP contribution in [-0.4, -0.2) is 26.7 Å².